The molecule has 1 aromatic rings. The number of rotatable bonds is 1. The second kappa shape index (κ2) is 3.04. The van der Waals surface area contributed by atoms with Crippen LogP contribution < -0.4 is 11.2 Å². The topological polar surface area (TPSA) is 64.1 Å². The monoisotopic (exact) mass is 216 g/mol. The molecule has 0 aromatic carbocycles. The lowest BCUT2D eigenvalue weighted by atomic mass is 10.3. The highest BCUT2D eigenvalue weighted by Gasteiger charge is 2.35. The summed E-state index contributed by atoms with van der Waals surface area (Å²) < 4.78 is 31.8. The van der Waals surface area contributed by atoms with Crippen LogP contribution in [0.5, 0.6) is 0 Å². The molecule has 7 heteroatoms. The Morgan fingerprint density at radius 3 is 2.87 bits per heavy atom. The third-order valence-electron chi connectivity index (χ3n) is 2.00. The Morgan fingerprint density at radius 2 is 2.27 bits per heavy atom. The van der Waals surface area contributed by atoms with E-state index in [1.807, 2.05) is 0 Å². The number of H-pyrrole nitrogens is 1. The van der Waals surface area contributed by atoms with Crippen molar-refractivity contribution in [3.8, 4) is 0 Å². The van der Waals surface area contributed by atoms with Gasteiger partial charge in [0.1, 0.15) is 6.61 Å². The summed E-state index contributed by atoms with van der Waals surface area (Å²) in [5.41, 5.74) is -2.21. The summed E-state index contributed by atoms with van der Waals surface area (Å²) in [7, 11) is 0. The second-order valence-electron chi connectivity index (χ2n) is 3.04. The fourth-order valence-corrected chi connectivity index (χ4v) is 1.24. The van der Waals surface area contributed by atoms with E-state index in [0.717, 1.165) is 12.3 Å². The van der Waals surface area contributed by atoms with Crippen molar-refractivity contribution in [1.82, 2.24) is 9.55 Å². The van der Waals surface area contributed by atoms with Crippen LogP contribution in [0.4, 0.5) is 8.78 Å². The molecule has 5 nitrogen and oxygen atoms in total. The van der Waals surface area contributed by atoms with E-state index in [9.17, 15) is 18.4 Å². The number of halogens is 2. The molecule has 1 atom stereocenters. The molecule has 0 fully saturated rings. The van der Waals surface area contributed by atoms with Crippen LogP contribution in [0.15, 0.2) is 28.1 Å². The smallest absolute Gasteiger partial charge is 0.331 e. The SMILES string of the molecule is O=c1[nH]c(=O)n([C@]2(F)C=COC2)cc1F. The molecule has 0 saturated heterocycles. The Labute approximate surface area is 81.6 Å². The molecule has 0 saturated carbocycles. The lowest BCUT2D eigenvalue weighted by Crippen LogP contribution is -2.42. The van der Waals surface area contributed by atoms with Gasteiger partial charge in [0, 0.05) is 6.08 Å². The first-order valence-electron chi connectivity index (χ1n) is 4.03. The average Bonchev–Trinajstić information content (AvgIpc) is 2.60. The maximum Gasteiger partial charge on any atom is 0.331 e. The van der Waals surface area contributed by atoms with Crippen molar-refractivity contribution in [1.29, 1.82) is 0 Å². The summed E-state index contributed by atoms with van der Waals surface area (Å²) in [6.07, 6.45) is 2.54. The standard InChI is InChI=1S/C8H6F2N2O3/c9-5-3-12(7(14)11-6(5)13)8(10)1-2-15-4-8/h1-3H,4H2,(H,11,13,14)/t8-/m1/s1. The molecule has 0 radical (unpaired) electrons. The fourth-order valence-electron chi connectivity index (χ4n) is 1.24. The summed E-state index contributed by atoms with van der Waals surface area (Å²) in [5, 5.41) is 0. The van der Waals surface area contributed by atoms with Crippen molar-refractivity contribution in [2.75, 3.05) is 6.61 Å². The highest BCUT2D eigenvalue weighted by Crippen LogP contribution is 2.23. The third-order valence-corrected chi connectivity index (χ3v) is 2.00. The Morgan fingerprint density at radius 1 is 1.53 bits per heavy atom. The zero-order chi connectivity index (χ0) is 11.1. The van der Waals surface area contributed by atoms with Crippen molar-refractivity contribution in [2.24, 2.45) is 0 Å². The van der Waals surface area contributed by atoms with Gasteiger partial charge in [0.25, 0.3) is 5.56 Å². The molecular formula is C8H6F2N2O3. The van der Waals surface area contributed by atoms with Gasteiger partial charge in [-0.05, 0) is 0 Å². The van der Waals surface area contributed by atoms with Gasteiger partial charge in [-0.1, -0.05) is 0 Å². The van der Waals surface area contributed by atoms with E-state index in [1.165, 1.54) is 0 Å². The zero-order valence-corrected chi connectivity index (χ0v) is 7.37. The number of nitrogens with one attached hydrogen (secondary N) is 1. The summed E-state index contributed by atoms with van der Waals surface area (Å²) in [6, 6.07) is 0. The number of hydrogen-bond acceptors (Lipinski definition) is 3. The van der Waals surface area contributed by atoms with Gasteiger partial charge in [0.15, 0.2) is 0 Å². The van der Waals surface area contributed by atoms with E-state index in [1.54, 1.807) is 4.98 Å². The molecule has 0 aliphatic carbocycles. The van der Waals surface area contributed by atoms with Gasteiger partial charge >= 0.3 is 5.69 Å². The van der Waals surface area contributed by atoms with Crippen LogP contribution in [0.2, 0.25) is 0 Å². The van der Waals surface area contributed by atoms with E-state index >= 15 is 0 Å². The summed E-state index contributed by atoms with van der Waals surface area (Å²) >= 11 is 0. The second-order valence-corrected chi connectivity index (χ2v) is 3.04. The minimum Gasteiger partial charge on any atom is -0.496 e. The van der Waals surface area contributed by atoms with Gasteiger partial charge in [0.2, 0.25) is 11.6 Å². The number of hydrogen-bond donors (Lipinski definition) is 1. The van der Waals surface area contributed by atoms with Crippen molar-refractivity contribution in [3.63, 3.8) is 0 Å². The number of nitrogens with zero attached hydrogens (tertiary/aromatic N) is 1. The molecule has 0 unspecified atom stereocenters. The number of aromatic nitrogens is 2. The molecule has 0 amide bonds. The molecule has 0 spiro atoms. The lowest BCUT2D eigenvalue weighted by molar-refractivity contribution is 0.0634. The Bertz CT molecular complexity index is 533. The van der Waals surface area contributed by atoms with Crippen LogP contribution in [0.25, 0.3) is 0 Å². The maximum atomic E-state index is 13.9. The number of alkyl halides is 1. The normalized spacial score (nSPS) is 24.1. The first-order chi connectivity index (χ1) is 7.03. The fraction of sp³-hybridized carbons (Fsp3) is 0.250. The van der Waals surface area contributed by atoms with Crippen LogP contribution >= 0.6 is 0 Å². The largest absolute Gasteiger partial charge is 0.496 e. The Balaban J connectivity index is 2.63. The van der Waals surface area contributed by atoms with Crippen molar-refractivity contribution in [2.45, 2.75) is 5.79 Å². The van der Waals surface area contributed by atoms with Gasteiger partial charge in [0.05, 0.1) is 12.5 Å². The summed E-state index contributed by atoms with van der Waals surface area (Å²) in [5.74, 6) is -3.48. The average molecular weight is 216 g/mol. The third kappa shape index (κ3) is 1.45. The molecule has 0 bridgehead atoms. The molecule has 80 valence electrons. The molecule has 2 rings (SSSR count). The lowest BCUT2D eigenvalue weighted by Gasteiger charge is -2.17. The summed E-state index contributed by atoms with van der Waals surface area (Å²) in [4.78, 5) is 23.5. The van der Waals surface area contributed by atoms with Crippen LogP contribution in [-0.4, -0.2) is 16.2 Å². The maximum absolute atomic E-state index is 13.9. The van der Waals surface area contributed by atoms with Gasteiger partial charge in [-0.25, -0.2) is 9.18 Å². The van der Waals surface area contributed by atoms with E-state index in [-0.39, 0.29) is 0 Å². The van der Waals surface area contributed by atoms with E-state index in [4.69, 9.17) is 0 Å². The van der Waals surface area contributed by atoms with Crippen LogP contribution in [0, 0.1) is 5.82 Å². The van der Waals surface area contributed by atoms with Crippen LogP contribution in [0.3, 0.4) is 0 Å². The van der Waals surface area contributed by atoms with Gasteiger partial charge < -0.3 is 4.74 Å². The van der Waals surface area contributed by atoms with Gasteiger partial charge in [-0.3, -0.25) is 14.3 Å². The van der Waals surface area contributed by atoms with Gasteiger partial charge in [-0.15, -0.1) is 0 Å². The zero-order valence-electron chi connectivity index (χ0n) is 7.37. The highest BCUT2D eigenvalue weighted by molar-refractivity contribution is 5.03. The molecule has 1 N–H and O–H groups in total. The first kappa shape index (κ1) is 9.63. The Hall–Kier alpha value is -1.92. The molecular weight excluding hydrogens is 210 g/mol. The predicted octanol–water partition coefficient (Wildman–Crippen LogP) is -0.158. The quantitative estimate of drug-likeness (QED) is 0.709. The van der Waals surface area contributed by atoms with E-state index in [0.29, 0.717) is 10.8 Å². The minimum atomic E-state index is -2.25. The minimum absolute atomic E-state index is 0.432. The molecule has 1 aromatic heterocycles. The van der Waals surface area contributed by atoms with E-state index < -0.39 is 29.5 Å². The van der Waals surface area contributed by atoms with Gasteiger partial charge in [-0.2, -0.15) is 4.39 Å². The molecule has 1 aliphatic heterocycles. The number of ether oxygens (including phenoxy) is 1. The van der Waals surface area contributed by atoms with Crippen molar-refractivity contribution < 1.29 is 13.5 Å². The van der Waals surface area contributed by atoms with Crippen LogP contribution in [-0.2, 0) is 10.5 Å². The summed E-state index contributed by atoms with van der Waals surface area (Å²) in [6.45, 7) is -0.432. The van der Waals surface area contributed by atoms with Crippen molar-refractivity contribution in [3.05, 3.63) is 45.2 Å². The highest BCUT2D eigenvalue weighted by atomic mass is 19.1. The first-order valence-corrected chi connectivity index (χ1v) is 4.03. The molecule has 2 heterocycles. The molecule has 1 aliphatic rings. The van der Waals surface area contributed by atoms with Crippen molar-refractivity contribution >= 4 is 0 Å². The predicted molar refractivity (Wildman–Crippen MR) is 45.5 cm³/mol. The number of aromatic amines is 1. The van der Waals surface area contributed by atoms with Crippen LogP contribution in [0.1, 0.15) is 0 Å². The Kier molecular flexibility index (Phi) is 1.95. The van der Waals surface area contributed by atoms with E-state index in [2.05, 4.69) is 4.74 Å². The molecule has 15 heavy (non-hydrogen) atoms.